The maximum atomic E-state index is 12.1. The van der Waals surface area contributed by atoms with E-state index in [1.165, 1.54) is 11.3 Å². The van der Waals surface area contributed by atoms with Crippen LogP contribution < -0.4 is 16.0 Å². The molecule has 1 aliphatic heterocycles. The third-order valence-electron chi connectivity index (χ3n) is 3.15. The van der Waals surface area contributed by atoms with Crippen molar-refractivity contribution < 1.29 is 9.53 Å². The number of ether oxygens (including phenoxy) is 1. The summed E-state index contributed by atoms with van der Waals surface area (Å²) >= 11 is 1.29. The molecule has 0 radical (unpaired) electrons. The van der Waals surface area contributed by atoms with Crippen LogP contribution in [0.4, 0.5) is 10.9 Å². The van der Waals surface area contributed by atoms with Gasteiger partial charge in [-0.05, 0) is 19.8 Å². The topological polar surface area (TPSA) is 80.5 Å². The first-order chi connectivity index (χ1) is 8.91. The fraction of sp³-hybridized carbons (Fsp3) is 0.667. The molecule has 0 aromatic carbocycles. The molecule has 19 heavy (non-hydrogen) atoms. The second-order valence-corrected chi connectivity index (χ2v) is 6.17. The summed E-state index contributed by atoms with van der Waals surface area (Å²) < 4.78 is 5.63. The molecular weight excluding hydrogens is 264 g/mol. The minimum absolute atomic E-state index is 0.181. The van der Waals surface area contributed by atoms with Gasteiger partial charge in [0, 0.05) is 27.2 Å². The number of anilines is 2. The molecule has 0 spiro atoms. The Morgan fingerprint density at radius 1 is 1.63 bits per heavy atom. The highest BCUT2D eigenvalue weighted by molar-refractivity contribution is 7.18. The first kappa shape index (κ1) is 14.1. The van der Waals surface area contributed by atoms with Gasteiger partial charge >= 0.3 is 0 Å². The van der Waals surface area contributed by atoms with Crippen LogP contribution >= 0.6 is 11.3 Å². The molecule has 2 rings (SSSR count). The SMILES string of the molecule is CN(C)c1nc(N)c(C(=O)NCC2(C)CCCO2)s1. The van der Waals surface area contributed by atoms with Crippen LogP contribution in [-0.4, -0.2) is 43.7 Å². The van der Waals surface area contributed by atoms with Crippen LogP contribution in [0.2, 0.25) is 0 Å². The number of nitrogens with one attached hydrogen (secondary N) is 1. The Kier molecular flexibility index (Phi) is 3.96. The number of hydrogen-bond donors (Lipinski definition) is 2. The average Bonchev–Trinajstić information content (AvgIpc) is 2.93. The maximum Gasteiger partial charge on any atom is 0.265 e. The highest BCUT2D eigenvalue weighted by Crippen LogP contribution is 2.27. The van der Waals surface area contributed by atoms with Crippen molar-refractivity contribution in [2.45, 2.75) is 25.4 Å². The van der Waals surface area contributed by atoms with Crippen molar-refractivity contribution in [2.24, 2.45) is 0 Å². The molecular formula is C12H20N4O2S. The van der Waals surface area contributed by atoms with E-state index < -0.39 is 0 Å². The minimum atomic E-state index is -0.251. The highest BCUT2D eigenvalue weighted by atomic mass is 32.1. The Morgan fingerprint density at radius 2 is 2.37 bits per heavy atom. The number of nitrogens with two attached hydrogens (primary N) is 1. The van der Waals surface area contributed by atoms with Crippen LogP contribution in [0.5, 0.6) is 0 Å². The van der Waals surface area contributed by atoms with Gasteiger partial charge in [0.25, 0.3) is 5.91 Å². The summed E-state index contributed by atoms with van der Waals surface area (Å²) in [6.45, 7) is 3.28. The molecule has 0 bridgehead atoms. The molecule has 1 atom stereocenters. The molecule has 1 amide bonds. The second-order valence-electron chi connectivity index (χ2n) is 5.19. The summed E-state index contributed by atoms with van der Waals surface area (Å²) in [4.78, 5) is 18.6. The largest absolute Gasteiger partial charge is 0.382 e. The van der Waals surface area contributed by atoms with Crippen molar-refractivity contribution in [1.82, 2.24) is 10.3 Å². The standard InChI is InChI=1S/C12H20N4O2S/c1-12(5-4-6-18-12)7-14-10(17)8-9(13)15-11(19-8)16(2)3/h4-7,13H2,1-3H3,(H,14,17). The van der Waals surface area contributed by atoms with Crippen LogP contribution in [0.3, 0.4) is 0 Å². The van der Waals surface area contributed by atoms with Crippen LogP contribution in [0.25, 0.3) is 0 Å². The van der Waals surface area contributed by atoms with Crippen LogP contribution in [0, 0.1) is 0 Å². The summed E-state index contributed by atoms with van der Waals surface area (Å²) in [5.74, 6) is 0.100. The fourth-order valence-corrected chi connectivity index (χ4v) is 2.82. The number of carbonyl (C=O) groups excluding carboxylic acids is 1. The molecule has 7 heteroatoms. The Hall–Kier alpha value is -1.34. The van der Waals surface area contributed by atoms with Gasteiger partial charge in [-0.15, -0.1) is 0 Å². The molecule has 1 aromatic rings. The van der Waals surface area contributed by atoms with Crippen LogP contribution in [-0.2, 0) is 4.74 Å². The quantitative estimate of drug-likeness (QED) is 0.865. The Labute approximate surface area is 116 Å². The van der Waals surface area contributed by atoms with E-state index in [2.05, 4.69) is 10.3 Å². The van der Waals surface area contributed by atoms with E-state index in [0.717, 1.165) is 24.6 Å². The zero-order chi connectivity index (χ0) is 14.0. The molecule has 1 fully saturated rings. The number of hydrogen-bond acceptors (Lipinski definition) is 6. The van der Waals surface area contributed by atoms with Crippen molar-refractivity contribution >= 4 is 28.2 Å². The number of nitrogens with zero attached hydrogens (tertiary/aromatic N) is 2. The second kappa shape index (κ2) is 5.34. The number of carbonyl (C=O) groups is 1. The van der Waals surface area contributed by atoms with Gasteiger partial charge < -0.3 is 20.7 Å². The van der Waals surface area contributed by atoms with E-state index >= 15 is 0 Å². The third-order valence-corrected chi connectivity index (χ3v) is 4.39. The average molecular weight is 284 g/mol. The fourth-order valence-electron chi connectivity index (χ4n) is 2.00. The molecule has 0 saturated carbocycles. The molecule has 0 aliphatic carbocycles. The van der Waals surface area contributed by atoms with Gasteiger partial charge in [-0.25, -0.2) is 4.98 Å². The molecule has 1 unspecified atom stereocenters. The number of aromatic nitrogens is 1. The number of nitrogen functional groups attached to an aromatic ring is 1. The first-order valence-electron chi connectivity index (χ1n) is 6.27. The molecule has 6 nitrogen and oxygen atoms in total. The van der Waals surface area contributed by atoms with E-state index in [4.69, 9.17) is 10.5 Å². The lowest BCUT2D eigenvalue weighted by Crippen LogP contribution is -2.40. The van der Waals surface area contributed by atoms with Crippen molar-refractivity contribution in [3.63, 3.8) is 0 Å². The summed E-state index contributed by atoms with van der Waals surface area (Å²) in [5, 5.41) is 3.61. The van der Waals surface area contributed by atoms with Crippen molar-refractivity contribution in [1.29, 1.82) is 0 Å². The van der Waals surface area contributed by atoms with E-state index in [1.807, 2.05) is 25.9 Å². The van der Waals surface area contributed by atoms with Gasteiger partial charge in [-0.3, -0.25) is 4.79 Å². The van der Waals surface area contributed by atoms with Crippen LogP contribution in [0.15, 0.2) is 0 Å². The van der Waals surface area contributed by atoms with Crippen molar-refractivity contribution in [2.75, 3.05) is 37.9 Å². The van der Waals surface area contributed by atoms with E-state index in [9.17, 15) is 4.79 Å². The first-order valence-corrected chi connectivity index (χ1v) is 7.09. The predicted octanol–water partition coefficient (Wildman–Crippen LogP) is 1.09. The van der Waals surface area contributed by atoms with Gasteiger partial charge in [0.1, 0.15) is 10.7 Å². The lowest BCUT2D eigenvalue weighted by molar-refractivity contribution is 0.0206. The van der Waals surface area contributed by atoms with Gasteiger partial charge in [-0.2, -0.15) is 0 Å². The molecule has 106 valence electrons. The molecule has 2 heterocycles. The monoisotopic (exact) mass is 284 g/mol. The van der Waals surface area contributed by atoms with Gasteiger partial charge in [0.05, 0.1) is 5.60 Å². The van der Waals surface area contributed by atoms with Crippen LogP contribution in [0.1, 0.15) is 29.4 Å². The minimum Gasteiger partial charge on any atom is -0.382 e. The van der Waals surface area contributed by atoms with E-state index in [1.54, 1.807) is 0 Å². The molecule has 3 N–H and O–H groups in total. The summed E-state index contributed by atoms with van der Waals surface area (Å²) in [7, 11) is 3.74. The zero-order valence-electron chi connectivity index (χ0n) is 11.5. The van der Waals surface area contributed by atoms with Crippen molar-refractivity contribution in [3.8, 4) is 0 Å². The van der Waals surface area contributed by atoms with E-state index in [0.29, 0.717) is 11.4 Å². The molecule has 1 aliphatic rings. The summed E-state index contributed by atoms with van der Waals surface area (Å²) in [6, 6.07) is 0. The van der Waals surface area contributed by atoms with Crippen molar-refractivity contribution in [3.05, 3.63) is 4.88 Å². The number of amides is 1. The van der Waals surface area contributed by atoms with Gasteiger partial charge in [0.2, 0.25) is 0 Å². The molecule has 1 aromatic heterocycles. The Balaban J connectivity index is 2.00. The maximum absolute atomic E-state index is 12.1. The highest BCUT2D eigenvalue weighted by Gasteiger charge is 2.30. The summed E-state index contributed by atoms with van der Waals surface area (Å²) in [5.41, 5.74) is 5.53. The third kappa shape index (κ3) is 3.16. The number of rotatable bonds is 4. The Morgan fingerprint density at radius 3 is 2.89 bits per heavy atom. The van der Waals surface area contributed by atoms with E-state index in [-0.39, 0.29) is 17.3 Å². The summed E-state index contributed by atoms with van der Waals surface area (Å²) in [6.07, 6.45) is 2.01. The normalized spacial score (nSPS) is 22.5. The zero-order valence-corrected chi connectivity index (χ0v) is 12.3. The lowest BCUT2D eigenvalue weighted by atomic mass is 10.0. The number of thiazole rings is 1. The van der Waals surface area contributed by atoms with Gasteiger partial charge in [-0.1, -0.05) is 11.3 Å². The molecule has 1 saturated heterocycles. The smallest absolute Gasteiger partial charge is 0.265 e. The Bertz CT molecular complexity index is 466. The lowest BCUT2D eigenvalue weighted by Gasteiger charge is -2.23. The van der Waals surface area contributed by atoms with Gasteiger partial charge in [0.15, 0.2) is 5.13 Å². The predicted molar refractivity (Wildman–Crippen MR) is 76.8 cm³/mol.